The third-order valence-corrected chi connectivity index (χ3v) is 7.75. The predicted octanol–water partition coefficient (Wildman–Crippen LogP) is 5.05. The summed E-state index contributed by atoms with van der Waals surface area (Å²) in [6.45, 7) is 6.46. The molecule has 0 aliphatic carbocycles. The molecule has 0 radical (unpaired) electrons. The number of benzene rings is 2. The van der Waals surface area contributed by atoms with Crippen LogP contribution < -0.4 is 9.62 Å². The first-order valence-corrected chi connectivity index (χ1v) is 14.0. The highest BCUT2D eigenvalue weighted by molar-refractivity contribution is 7.92. The average molecular weight is 563 g/mol. The van der Waals surface area contributed by atoms with Gasteiger partial charge in [-0.15, -0.1) is 0 Å². The van der Waals surface area contributed by atoms with Crippen LogP contribution in [0, 0.1) is 6.92 Å². The fourth-order valence-electron chi connectivity index (χ4n) is 3.35. The second-order valence-corrected chi connectivity index (χ2v) is 11.6. The van der Waals surface area contributed by atoms with Crippen LogP contribution in [0.15, 0.2) is 36.4 Å². The van der Waals surface area contributed by atoms with Crippen molar-refractivity contribution in [3.05, 3.63) is 62.6 Å². The lowest BCUT2D eigenvalue weighted by atomic mass is 10.1. The summed E-state index contributed by atoms with van der Waals surface area (Å²) in [7, 11) is -3.87. The molecule has 192 valence electrons. The van der Waals surface area contributed by atoms with Gasteiger partial charge in [0.1, 0.15) is 12.6 Å². The number of amides is 2. The molecule has 0 fully saturated rings. The lowest BCUT2D eigenvalue weighted by molar-refractivity contribution is -0.139. The molecule has 0 spiro atoms. The maximum absolute atomic E-state index is 13.6. The zero-order chi connectivity index (χ0) is 26.5. The summed E-state index contributed by atoms with van der Waals surface area (Å²) in [6, 6.07) is 8.70. The van der Waals surface area contributed by atoms with Gasteiger partial charge < -0.3 is 10.2 Å². The Balaban J connectivity index is 2.49. The molecule has 0 unspecified atom stereocenters. The third-order valence-electron chi connectivity index (χ3n) is 5.68. The van der Waals surface area contributed by atoms with Crippen LogP contribution in [0.2, 0.25) is 15.1 Å². The quantitative estimate of drug-likeness (QED) is 0.439. The Kier molecular flexibility index (Phi) is 10.3. The number of rotatable bonds is 10. The van der Waals surface area contributed by atoms with Crippen molar-refractivity contribution in [3.63, 3.8) is 0 Å². The number of sulfonamides is 1. The van der Waals surface area contributed by atoms with Gasteiger partial charge >= 0.3 is 0 Å². The van der Waals surface area contributed by atoms with Gasteiger partial charge in [-0.1, -0.05) is 53.9 Å². The van der Waals surface area contributed by atoms with Crippen LogP contribution in [0.4, 0.5) is 5.69 Å². The number of carbonyl (C=O) groups excluding carboxylic acids is 2. The Hall–Kier alpha value is -2.00. The van der Waals surface area contributed by atoms with Crippen LogP contribution in [0.3, 0.4) is 0 Å². The maximum Gasteiger partial charge on any atom is 0.244 e. The zero-order valence-corrected chi connectivity index (χ0v) is 23.4. The molecule has 11 heteroatoms. The molecule has 1 N–H and O–H groups in total. The largest absolute Gasteiger partial charge is 0.352 e. The Labute approximate surface area is 222 Å². The van der Waals surface area contributed by atoms with E-state index >= 15 is 0 Å². The number of hydrogen-bond acceptors (Lipinski definition) is 4. The zero-order valence-electron chi connectivity index (χ0n) is 20.3. The second kappa shape index (κ2) is 12.3. The molecule has 0 aliphatic rings. The van der Waals surface area contributed by atoms with Crippen molar-refractivity contribution in [1.29, 1.82) is 0 Å². The topological polar surface area (TPSA) is 86.8 Å². The highest BCUT2D eigenvalue weighted by Gasteiger charge is 2.31. The molecule has 0 aliphatic heterocycles. The molecule has 2 rings (SSSR count). The number of nitrogens with one attached hydrogen (secondary N) is 1. The number of anilines is 1. The number of aryl methyl sites for hydroxylation is 1. The Bertz CT molecular complexity index is 1170. The molecule has 0 bridgehead atoms. The molecule has 0 aromatic heterocycles. The first kappa shape index (κ1) is 29.2. The van der Waals surface area contributed by atoms with Crippen molar-refractivity contribution in [2.24, 2.45) is 0 Å². The number of carbonyl (C=O) groups is 2. The molecular weight excluding hydrogens is 533 g/mol. The van der Waals surface area contributed by atoms with Gasteiger partial charge in [-0.2, -0.15) is 0 Å². The van der Waals surface area contributed by atoms with Gasteiger partial charge in [-0.05, 0) is 57.0 Å². The van der Waals surface area contributed by atoms with E-state index in [0.717, 1.165) is 10.6 Å². The van der Waals surface area contributed by atoms with Gasteiger partial charge in [0, 0.05) is 33.2 Å². The molecule has 35 heavy (non-hydrogen) atoms. The summed E-state index contributed by atoms with van der Waals surface area (Å²) < 4.78 is 26.4. The van der Waals surface area contributed by atoms with Crippen molar-refractivity contribution >= 4 is 62.3 Å². The molecule has 0 heterocycles. The SMILES string of the molecule is CC[C@@H](C)NC(=O)[C@H](C)N(Cc1c(Cl)cccc1Cl)C(=O)CN(c1cc(Cl)ccc1C)S(C)(=O)=O. The van der Waals surface area contributed by atoms with E-state index in [-0.39, 0.29) is 24.2 Å². The minimum atomic E-state index is -3.87. The molecule has 2 aromatic carbocycles. The van der Waals surface area contributed by atoms with Gasteiger partial charge in [-0.3, -0.25) is 13.9 Å². The summed E-state index contributed by atoms with van der Waals surface area (Å²) in [5, 5.41) is 3.85. The summed E-state index contributed by atoms with van der Waals surface area (Å²) in [4.78, 5) is 27.8. The summed E-state index contributed by atoms with van der Waals surface area (Å²) in [6.07, 6.45) is 1.72. The molecule has 2 atom stereocenters. The summed E-state index contributed by atoms with van der Waals surface area (Å²) in [5.41, 5.74) is 1.36. The van der Waals surface area contributed by atoms with Crippen molar-refractivity contribution in [2.45, 2.75) is 52.7 Å². The van der Waals surface area contributed by atoms with Gasteiger partial charge in [0.05, 0.1) is 11.9 Å². The van der Waals surface area contributed by atoms with Crippen LogP contribution >= 0.6 is 34.8 Å². The third kappa shape index (κ3) is 7.74. The molecule has 7 nitrogen and oxygen atoms in total. The van der Waals surface area contributed by atoms with Gasteiger partial charge in [0.15, 0.2) is 0 Å². The molecule has 2 amide bonds. The second-order valence-electron chi connectivity index (χ2n) is 8.42. The standard InChI is InChI=1S/C24H30Cl3N3O4S/c1-6-16(3)28-24(32)17(4)29(13-19-20(26)8-7-9-21(19)27)23(31)14-30(35(5,33)34)22-12-18(25)11-10-15(22)2/h7-12,16-17H,6,13-14H2,1-5H3,(H,28,32)/t16-,17+/m1/s1. The minimum Gasteiger partial charge on any atom is -0.352 e. The minimum absolute atomic E-state index is 0.0848. The van der Waals surface area contributed by atoms with Crippen molar-refractivity contribution in [2.75, 3.05) is 17.1 Å². The highest BCUT2D eigenvalue weighted by atomic mass is 35.5. The average Bonchev–Trinajstić information content (AvgIpc) is 2.77. The van der Waals surface area contributed by atoms with E-state index in [0.29, 0.717) is 32.6 Å². The van der Waals surface area contributed by atoms with E-state index in [4.69, 9.17) is 34.8 Å². The van der Waals surface area contributed by atoms with E-state index in [9.17, 15) is 18.0 Å². The van der Waals surface area contributed by atoms with Crippen molar-refractivity contribution in [3.8, 4) is 0 Å². The molecular formula is C24H30Cl3N3O4S. The van der Waals surface area contributed by atoms with Gasteiger partial charge in [0.25, 0.3) is 0 Å². The van der Waals surface area contributed by atoms with E-state index in [1.54, 1.807) is 44.2 Å². The fourth-order valence-corrected chi connectivity index (χ4v) is 4.93. The van der Waals surface area contributed by atoms with E-state index in [1.807, 2.05) is 13.8 Å². The smallest absolute Gasteiger partial charge is 0.244 e. The maximum atomic E-state index is 13.6. The Morgan fingerprint density at radius 3 is 2.20 bits per heavy atom. The van der Waals surface area contributed by atoms with E-state index in [1.165, 1.54) is 11.0 Å². The first-order valence-electron chi connectivity index (χ1n) is 11.0. The number of halogens is 3. The summed E-state index contributed by atoms with van der Waals surface area (Å²) >= 11 is 18.8. The van der Waals surface area contributed by atoms with Crippen LogP contribution in [0.5, 0.6) is 0 Å². The molecule has 0 saturated carbocycles. The lowest BCUT2D eigenvalue weighted by Gasteiger charge is -2.32. The predicted molar refractivity (Wildman–Crippen MR) is 143 cm³/mol. The van der Waals surface area contributed by atoms with Crippen LogP contribution in [0.1, 0.15) is 38.3 Å². The normalized spacial score (nSPS) is 13.1. The first-order chi connectivity index (χ1) is 16.3. The van der Waals surface area contributed by atoms with E-state index in [2.05, 4.69) is 5.32 Å². The van der Waals surface area contributed by atoms with Crippen LogP contribution in [-0.4, -0.2) is 50.0 Å². The molecule has 2 aromatic rings. The van der Waals surface area contributed by atoms with Crippen molar-refractivity contribution in [1.82, 2.24) is 10.2 Å². The Morgan fingerprint density at radius 1 is 1.06 bits per heavy atom. The highest BCUT2D eigenvalue weighted by Crippen LogP contribution is 2.29. The van der Waals surface area contributed by atoms with Crippen LogP contribution in [0.25, 0.3) is 0 Å². The van der Waals surface area contributed by atoms with Gasteiger partial charge in [-0.25, -0.2) is 8.42 Å². The molecule has 0 saturated heterocycles. The van der Waals surface area contributed by atoms with E-state index < -0.39 is 28.5 Å². The lowest BCUT2D eigenvalue weighted by Crippen LogP contribution is -2.52. The monoisotopic (exact) mass is 561 g/mol. The van der Waals surface area contributed by atoms with Crippen LogP contribution in [-0.2, 0) is 26.2 Å². The van der Waals surface area contributed by atoms with Gasteiger partial charge in [0.2, 0.25) is 21.8 Å². The van der Waals surface area contributed by atoms with Crippen molar-refractivity contribution < 1.29 is 18.0 Å². The fraction of sp³-hybridized carbons (Fsp3) is 0.417. The number of nitrogens with zero attached hydrogens (tertiary/aromatic N) is 2. The Morgan fingerprint density at radius 2 is 1.66 bits per heavy atom. The number of hydrogen-bond donors (Lipinski definition) is 1. The summed E-state index contributed by atoms with van der Waals surface area (Å²) in [5.74, 6) is -0.974.